The molecule has 1 heterocycles. The average molecular weight is 424 g/mol. The highest BCUT2D eigenvalue weighted by Gasteiger charge is 2.29. The number of ether oxygens (including phenoxy) is 1. The zero-order valence-corrected chi connectivity index (χ0v) is 17.3. The van der Waals surface area contributed by atoms with Gasteiger partial charge in [-0.25, -0.2) is 12.8 Å². The van der Waals surface area contributed by atoms with Crippen molar-refractivity contribution in [3.63, 3.8) is 0 Å². The highest BCUT2D eigenvalue weighted by molar-refractivity contribution is 8.02. The van der Waals surface area contributed by atoms with Gasteiger partial charge in [-0.3, -0.25) is 4.79 Å². The van der Waals surface area contributed by atoms with Crippen molar-refractivity contribution in [2.75, 3.05) is 18.6 Å². The zero-order chi connectivity index (χ0) is 20.3. The second-order valence-corrected chi connectivity index (χ2v) is 10.3. The van der Waals surface area contributed by atoms with Crippen LogP contribution in [0.1, 0.15) is 35.3 Å². The van der Waals surface area contributed by atoms with Crippen LogP contribution in [0.3, 0.4) is 0 Å². The van der Waals surface area contributed by atoms with Crippen molar-refractivity contribution < 1.29 is 22.3 Å². The molecule has 150 valence electrons. The van der Waals surface area contributed by atoms with E-state index in [-0.39, 0.29) is 28.4 Å². The van der Waals surface area contributed by atoms with E-state index in [1.807, 2.05) is 12.1 Å². The number of amides is 1. The van der Waals surface area contributed by atoms with Gasteiger partial charge in [-0.1, -0.05) is 18.2 Å². The number of hydrogen-bond acceptors (Lipinski definition) is 5. The molecule has 3 rings (SSSR count). The van der Waals surface area contributed by atoms with Crippen LogP contribution < -0.4 is 10.1 Å². The third kappa shape index (κ3) is 4.86. The predicted octanol–water partition coefficient (Wildman–Crippen LogP) is 3.60. The summed E-state index contributed by atoms with van der Waals surface area (Å²) < 4.78 is 42.2. The molecule has 8 heteroatoms. The Morgan fingerprint density at radius 1 is 1.29 bits per heavy atom. The summed E-state index contributed by atoms with van der Waals surface area (Å²) in [6.45, 7) is 1.78. The van der Waals surface area contributed by atoms with Crippen molar-refractivity contribution in [1.82, 2.24) is 5.32 Å². The lowest BCUT2D eigenvalue weighted by Crippen LogP contribution is -2.27. The van der Waals surface area contributed by atoms with Gasteiger partial charge in [0.25, 0.3) is 5.91 Å². The summed E-state index contributed by atoms with van der Waals surface area (Å²) in [5.41, 5.74) is 1.11. The summed E-state index contributed by atoms with van der Waals surface area (Å²) in [6.07, 6.45) is 0.588. The highest BCUT2D eigenvalue weighted by atomic mass is 32.2. The maximum absolute atomic E-state index is 13.9. The van der Waals surface area contributed by atoms with Gasteiger partial charge < -0.3 is 10.1 Å². The maximum atomic E-state index is 13.9. The van der Waals surface area contributed by atoms with E-state index in [0.29, 0.717) is 17.5 Å². The standard InChI is InChI=1S/C20H22FNO4S2/c1-13(14-7-8-18(26-2)17(21)11-14)22-20(23)16-5-3-4-6-19(16)27-15-9-10-28(24,25)12-15/h3-8,11,13,15H,9-10,12H2,1-2H3,(H,22,23)/t13-,15-/m1/s1. The lowest BCUT2D eigenvalue weighted by molar-refractivity contribution is 0.0937. The molecular weight excluding hydrogens is 401 g/mol. The normalized spacial score (nSPS) is 19.2. The molecule has 1 aliphatic rings. The van der Waals surface area contributed by atoms with E-state index in [0.717, 1.165) is 4.90 Å². The van der Waals surface area contributed by atoms with E-state index in [4.69, 9.17) is 4.74 Å². The number of sulfone groups is 1. The van der Waals surface area contributed by atoms with Crippen molar-refractivity contribution in [3.8, 4) is 5.75 Å². The van der Waals surface area contributed by atoms with Gasteiger partial charge in [-0.2, -0.15) is 0 Å². The number of benzene rings is 2. The van der Waals surface area contributed by atoms with Crippen LogP contribution in [0.25, 0.3) is 0 Å². The summed E-state index contributed by atoms with van der Waals surface area (Å²) in [7, 11) is -1.58. The minimum atomic E-state index is -2.98. The van der Waals surface area contributed by atoms with E-state index < -0.39 is 21.7 Å². The van der Waals surface area contributed by atoms with Crippen LogP contribution in [-0.2, 0) is 9.84 Å². The molecule has 28 heavy (non-hydrogen) atoms. The molecule has 0 aliphatic carbocycles. The van der Waals surface area contributed by atoms with Crippen LogP contribution in [0.15, 0.2) is 47.4 Å². The molecule has 0 radical (unpaired) electrons. The van der Waals surface area contributed by atoms with Crippen molar-refractivity contribution in [1.29, 1.82) is 0 Å². The summed E-state index contributed by atoms with van der Waals surface area (Å²) in [4.78, 5) is 13.5. The molecule has 2 atom stereocenters. The monoisotopic (exact) mass is 423 g/mol. The van der Waals surface area contributed by atoms with Crippen LogP contribution in [0, 0.1) is 5.82 Å². The predicted molar refractivity (Wildman–Crippen MR) is 108 cm³/mol. The van der Waals surface area contributed by atoms with Gasteiger partial charge in [-0.15, -0.1) is 11.8 Å². The third-order valence-corrected chi connectivity index (χ3v) is 7.96. The Kier molecular flexibility index (Phi) is 6.30. The first-order chi connectivity index (χ1) is 13.3. The summed E-state index contributed by atoms with van der Waals surface area (Å²) in [5, 5.41) is 2.83. The molecule has 1 amide bonds. The lowest BCUT2D eigenvalue weighted by Gasteiger charge is -2.17. The number of thioether (sulfide) groups is 1. The molecule has 2 aromatic rings. The molecule has 1 fully saturated rings. The van der Waals surface area contributed by atoms with Gasteiger partial charge in [0.1, 0.15) is 0 Å². The van der Waals surface area contributed by atoms with Crippen LogP contribution in [0.2, 0.25) is 0 Å². The second kappa shape index (κ2) is 8.53. The molecule has 0 saturated carbocycles. The first kappa shape index (κ1) is 20.7. The number of halogens is 1. The van der Waals surface area contributed by atoms with Crippen molar-refractivity contribution in [3.05, 3.63) is 59.4 Å². The molecule has 1 N–H and O–H groups in total. The first-order valence-corrected chi connectivity index (χ1v) is 11.6. The number of rotatable bonds is 6. The number of methoxy groups -OCH3 is 1. The fourth-order valence-electron chi connectivity index (χ4n) is 3.10. The second-order valence-electron chi connectivity index (χ2n) is 6.73. The molecule has 2 aromatic carbocycles. The van der Waals surface area contributed by atoms with Crippen LogP contribution in [0.4, 0.5) is 4.39 Å². The molecule has 0 spiro atoms. The number of hydrogen-bond donors (Lipinski definition) is 1. The largest absolute Gasteiger partial charge is 0.494 e. The Morgan fingerprint density at radius 2 is 2.04 bits per heavy atom. The van der Waals surface area contributed by atoms with Gasteiger partial charge in [0.15, 0.2) is 21.4 Å². The van der Waals surface area contributed by atoms with Crippen molar-refractivity contribution in [2.24, 2.45) is 0 Å². The minimum absolute atomic E-state index is 0.0490. The Labute approximate surface area is 168 Å². The Hall–Kier alpha value is -2.06. The van der Waals surface area contributed by atoms with E-state index in [9.17, 15) is 17.6 Å². The quantitative estimate of drug-likeness (QED) is 0.769. The lowest BCUT2D eigenvalue weighted by atomic mass is 10.1. The Balaban J connectivity index is 1.73. The summed E-state index contributed by atoms with van der Waals surface area (Å²) >= 11 is 1.42. The molecule has 0 bridgehead atoms. The van der Waals surface area contributed by atoms with Crippen molar-refractivity contribution in [2.45, 2.75) is 29.5 Å². The summed E-state index contributed by atoms with van der Waals surface area (Å²) in [5.74, 6) is -0.295. The van der Waals surface area contributed by atoms with Gasteiger partial charge in [0.2, 0.25) is 0 Å². The molecular formula is C20H22FNO4S2. The van der Waals surface area contributed by atoms with Crippen LogP contribution in [-0.4, -0.2) is 38.2 Å². The topological polar surface area (TPSA) is 72.5 Å². The van der Waals surface area contributed by atoms with E-state index in [1.165, 1.54) is 31.0 Å². The molecule has 0 unspecified atom stereocenters. The Bertz CT molecular complexity index is 978. The molecule has 5 nitrogen and oxygen atoms in total. The van der Waals surface area contributed by atoms with Gasteiger partial charge in [-0.05, 0) is 43.2 Å². The maximum Gasteiger partial charge on any atom is 0.252 e. The Morgan fingerprint density at radius 3 is 2.68 bits per heavy atom. The fraction of sp³-hybridized carbons (Fsp3) is 0.350. The van der Waals surface area contributed by atoms with Gasteiger partial charge in [0, 0.05) is 10.1 Å². The number of nitrogens with one attached hydrogen (secondary N) is 1. The molecule has 0 aromatic heterocycles. The highest BCUT2D eigenvalue weighted by Crippen LogP contribution is 2.33. The summed E-state index contributed by atoms with van der Waals surface area (Å²) in [6, 6.07) is 11.3. The molecule has 1 saturated heterocycles. The third-order valence-electron chi connectivity index (χ3n) is 4.64. The first-order valence-electron chi connectivity index (χ1n) is 8.89. The van der Waals surface area contributed by atoms with Crippen molar-refractivity contribution >= 4 is 27.5 Å². The molecule has 1 aliphatic heterocycles. The number of carbonyl (C=O) groups is 1. The number of carbonyl (C=O) groups excluding carboxylic acids is 1. The minimum Gasteiger partial charge on any atom is -0.494 e. The van der Waals surface area contributed by atoms with Gasteiger partial charge >= 0.3 is 0 Å². The average Bonchev–Trinajstić information content (AvgIpc) is 3.00. The fourth-order valence-corrected chi connectivity index (χ4v) is 6.73. The van der Waals surface area contributed by atoms with Crippen LogP contribution in [0.5, 0.6) is 5.75 Å². The zero-order valence-electron chi connectivity index (χ0n) is 15.6. The van der Waals surface area contributed by atoms with Crippen LogP contribution >= 0.6 is 11.8 Å². The smallest absolute Gasteiger partial charge is 0.252 e. The van der Waals surface area contributed by atoms with Gasteiger partial charge in [0.05, 0.1) is 30.2 Å². The SMILES string of the molecule is COc1ccc([C@@H](C)NC(=O)c2ccccc2S[C@@H]2CCS(=O)(=O)C2)cc1F. The van der Waals surface area contributed by atoms with E-state index in [1.54, 1.807) is 25.1 Å². The van der Waals surface area contributed by atoms with E-state index >= 15 is 0 Å². The van der Waals surface area contributed by atoms with E-state index in [2.05, 4.69) is 5.32 Å².